The molecule has 1 aromatic carbocycles. The van der Waals surface area contributed by atoms with E-state index in [9.17, 15) is 23.1 Å². The molecule has 2 N–H and O–H groups in total. The Kier molecular flexibility index (Phi) is 5.60. The van der Waals surface area contributed by atoms with Gasteiger partial charge in [-0.05, 0) is 38.5 Å². The van der Waals surface area contributed by atoms with Crippen LogP contribution in [0, 0.1) is 5.82 Å². The number of nitrogens with one attached hydrogen (secondary N) is 1. The standard InChI is InChI=1S/C14H18F3NO3/c1-14(2,3)21-13(20)18-11(7-19)8-4-5-10(15)9(6-8)12(16)17/h4-6,11-12,19H,7H2,1-3H3,(H,18,20)/t11-/m1/s1. The summed E-state index contributed by atoms with van der Waals surface area (Å²) in [5.74, 6) is -1.04. The Bertz CT molecular complexity index is 501. The SMILES string of the molecule is CC(C)(C)OC(=O)N[C@H](CO)c1ccc(F)c(C(F)F)c1. The van der Waals surface area contributed by atoms with E-state index in [4.69, 9.17) is 4.74 Å². The molecule has 0 heterocycles. The molecule has 1 amide bonds. The highest BCUT2D eigenvalue weighted by atomic mass is 19.3. The summed E-state index contributed by atoms with van der Waals surface area (Å²) < 4.78 is 43.5. The number of amides is 1. The molecule has 0 spiro atoms. The van der Waals surface area contributed by atoms with Gasteiger partial charge in [0.1, 0.15) is 11.4 Å². The quantitative estimate of drug-likeness (QED) is 0.897. The molecule has 0 saturated carbocycles. The molecule has 1 rings (SSSR count). The number of ether oxygens (including phenoxy) is 1. The molecule has 0 aliphatic carbocycles. The first-order chi connectivity index (χ1) is 9.64. The van der Waals surface area contributed by atoms with Crippen molar-refractivity contribution in [2.24, 2.45) is 0 Å². The van der Waals surface area contributed by atoms with Crippen LogP contribution in [0.15, 0.2) is 18.2 Å². The summed E-state index contributed by atoms with van der Waals surface area (Å²) in [6.07, 6.45) is -3.78. The molecule has 118 valence electrons. The minimum atomic E-state index is -2.98. The van der Waals surface area contributed by atoms with E-state index in [1.165, 1.54) is 6.07 Å². The lowest BCUT2D eigenvalue weighted by Crippen LogP contribution is -2.36. The molecule has 4 nitrogen and oxygen atoms in total. The first-order valence-electron chi connectivity index (χ1n) is 6.32. The smallest absolute Gasteiger partial charge is 0.408 e. The van der Waals surface area contributed by atoms with Crippen molar-refractivity contribution in [1.82, 2.24) is 5.32 Å². The summed E-state index contributed by atoms with van der Waals surface area (Å²) in [5.41, 5.74) is -1.35. The number of hydrogen-bond donors (Lipinski definition) is 2. The Morgan fingerprint density at radius 3 is 2.48 bits per heavy atom. The lowest BCUT2D eigenvalue weighted by molar-refractivity contribution is 0.0482. The molecule has 0 fully saturated rings. The molecule has 7 heteroatoms. The number of alkyl carbamates (subject to hydrolysis) is 1. The summed E-state index contributed by atoms with van der Waals surface area (Å²) in [6.45, 7) is 4.45. The van der Waals surface area contributed by atoms with E-state index in [1.807, 2.05) is 0 Å². The minimum Gasteiger partial charge on any atom is -0.444 e. The number of aliphatic hydroxyl groups is 1. The van der Waals surface area contributed by atoms with E-state index in [0.29, 0.717) is 0 Å². The maximum Gasteiger partial charge on any atom is 0.408 e. The zero-order valence-electron chi connectivity index (χ0n) is 12.0. The Morgan fingerprint density at radius 1 is 1.38 bits per heavy atom. The van der Waals surface area contributed by atoms with Crippen molar-refractivity contribution >= 4 is 6.09 Å². The third-order valence-corrected chi connectivity index (χ3v) is 2.53. The molecule has 0 aliphatic rings. The van der Waals surface area contributed by atoms with Gasteiger partial charge in [-0.15, -0.1) is 0 Å². The molecular weight excluding hydrogens is 287 g/mol. The van der Waals surface area contributed by atoms with E-state index in [1.54, 1.807) is 20.8 Å². The van der Waals surface area contributed by atoms with Gasteiger partial charge in [-0.3, -0.25) is 0 Å². The lowest BCUT2D eigenvalue weighted by atomic mass is 10.0. The Hall–Kier alpha value is -1.76. The van der Waals surface area contributed by atoms with Crippen LogP contribution in [-0.4, -0.2) is 23.4 Å². The molecule has 0 saturated heterocycles. The highest BCUT2D eigenvalue weighted by Crippen LogP contribution is 2.25. The van der Waals surface area contributed by atoms with Crippen LogP contribution >= 0.6 is 0 Å². The van der Waals surface area contributed by atoms with Crippen molar-refractivity contribution in [3.05, 3.63) is 35.1 Å². The summed E-state index contributed by atoms with van der Waals surface area (Å²) in [6, 6.07) is 2.05. The zero-order valence-corrected chi connectivity index (χ0v) is 12.0. The molecule has 0 radical (unpaired) electrons. The van der Waals surface area contributed by atoms with Gasteiger partial charge in [-0.25, -0.2) is 18.0 Å². The number of benzene rings is 1. The molecule has 0 unspecified atom stereocenters. The van der Waals surface area contributed by atoms with Gasteiger partial charge in [-0.2, -0.15) is 0 Å². The van der Waals surface area contributed by atoms with Crippen molar-refractivity contribution < 1.29 is 27.8 Å². The second-order valence-corrected chi connectivity index (χ2v) is 5.46. The fraction of sp³-hybridized carbons (Fsp3) is 0.500. The van der Waals surface area contributed by atoms with Gasteiger partial charge in [0.25, 0.3) is 6.43 Å². The third kappa shape index (κ3) is 5.26. The van der Waals surface area contributed by atoms with Crippen LogP contribution in [0.25, 0.3) is 0 Å². The first-order valence-corrected chi connectivity index (χ1v) is 6.32. The Morgan fingerprint density at radius 2 is 2.00 bits per heavy atom. The van der Waals surface area contributed by atoms with Gasteiger partial charge in [0, 0.05) is 0 Å². The van der Waals surface area contributed by atoms with Crippen molar-refractivity contribution in [2.45, 2.75) is 38.8 Å². The number of aliphatic hydroxyl groups excluding tert-OH is 1. The minimum absolute atomic E-state index is 0.167. The largest absolute Gasteiger partial charge is 0.444 e. The monoisotopic (exact) mass is 305 g/mol. The highest BCUT2D eigenvalue weighted by molar-refractivity contribution is 5.68. The average Bonchev–Trinajstić information content (AvgIpc) is 2.34. The first kappa shape index (κ1) is 17.3. The molecule has 1 aromatic rings. The van der Waals surface area contributed by atoms with E-state index in [-0.39, 0.29) is 5.56 Å². The van der Waals surface area contributed by atoms with Crippen molar-refractivity contribution in [1.29, 1.82) is 0 Å². The molecule has 0 bridgehead atoms. The summed E-state index contributed by atoms with van der Waals surface area (Å²) >= 11 is 0. The summed E-state index contributed by atoms with van der Waals surface area (Å²) in [7, 11) is 0. The highest BCUT2D eigenvalue weighted by Gasteiger charge is 2.22. The van der Waals surface area contributed by atoms with Crippen LogP contribution in [0.1, 0.15) is 44.4 Å². The van der Waals surface area contributed by atoms with Crippen LogP contribution in [0.5, 0.6) is 0 Å². The van der Waals surface area contributed by atoms with Gasteiger partial charge < -0.3 is 15.2 Å². The fourth-order valence-corrected chi connectivity index (χ4v) is 1.63. The van der Waals surface area contributed by atoms with Crippen LogP contribution in [-0.2, 0) is 4.74 Å². The second kappa shape index (κ2) is 6.80. The van der Waals surface area contributed by atoms with E-state index >= 15 is 0 Å². The topological polar surface area (TPSA) is 58.6 Å². The number of rotatable bonds is 4. The Labute approximate surface area is 120 Å². The van der Waals surface area contributed by atoms with Crippen molar-refractivity contribution in [3.8, 4) is 0 Å². The summed E-state index contributed by atoms with van der Waals surface area (Å²) in [4.78, 5) is 11.6. The van der Waals surface area contributed by atoms with Gasteiger partial charge in [0.15, 0.2) is 0 Å². The second-order valence-electron chi connectivity index (χ2n) is 5.46. The van der Waals surface area contributed by atoms with Crippen LogP contribution in [0.2, 0.25) is 0 Å². The average molecular weight is 305 g/mol. The van der Waals surface area contributed by atoms with Gasteiger partial charge >= 0.3 is 6.09 Å². The maximum absolute atomic E-state index is 13.2. The van der Waals surface area contributed by atoms with E-state index in [0.717, 1.165) is 12.1 Å². The Balaban J connectivity index is 2.90. The third-order valence-electron chi connectivity index (χ3n) is 2.53. The van der Waals surface area contributed by atoms with E-state index < -0.39 is 42.1 Å². The maximum atomic E-state index is 13.2. The number of halogens is 3. The predicted molar refractivity (Wildman–Crippen MR) is 70.6 cm³/mol. The predicted octanol–water partition coefficient (Wildman–Crippen LogP) is 3.32. The molecular formula is C14H18F3NO3. The van der Waals surface area contributed by atoms with Gasteiger partial charge in [-0.1, -0.05) is 6.07 Å². The molecule has 0 aromatic heterocycles. The number of carbonyl (C=O) groups is 1. The fourth-order valence-electron chi connectivity index (χ4n) is 1.63. The molecule has 1 atom stereocenters. The van der Waals surface area contributed by atoms with Gasteiger partial charge in [0.2, 0.25) is 0 Å². The van der Waals surface area contributed by atoms with E-state index in [2.05, 4.69) is 5.32 Å². The van der Waals surface area contributed by atoms with Crippen LogP contribution < -0.4 is 5.32 Å². The molecule has 21 heavy (non-hydrogen) atoms. The number of carbonyl (C=O) groups excluding carboxylic acids is 1. The zero-order chi connectivity index (χ0) is 16.2. The van der Waals surface area contributed by atoms with Crippen molar-refractivity contribution in [2.75, 3.05) is 6.61 Å². The normalized spacial score (nSPS) is 13.1. The van der Waals surface area contributed by atoms with Crippen LogP contribution in [0.4, 0.5) is 18.0 Å². The van der Waals surface area contributed by atoms with Crippen LogP contribution in [0.3, 0.4) is 0 Å². The molecule has 0 aliphatic heterocycles. The van der Waals surface area contributed by atoms with Crippen molar-refractivity contribution in [3.63, 3.8) is 0 Å². The number of hydrogen-bond acceptors (Lipinski definition) is 3. The lowest BCUT2D eigenvalue weighted by Gasteiger charge is -2.23. The number of alkyl halides is 2. The van der Waals surface area contributed by atoms with Gasteiger partial charge in [0.05, 0.1) is 18.2 Å². The summed E-state index contributed by atoms with van der Waals surface area (Å²) in [5, 5.41) is 11.6.